The molecule has 0 saturated heterocycles. The minimum atomic E-state index is -0.755. The number of anilines is 1. The highest BCUT2D eigenvalue weighted by molar-refractivity contribution is 7.14. The van der Waals surface area contributed by atoms with Crippen molar-refractivity contribution >= 4 is 51.4 Å². The van der Waals surface area contributed by atoms with Crippen LogP contribution in [0.3, 0.4) is 0 Å². The van der Waals surface area contributed by atoms with Crippen LogP contribution in [0.4, 0.5) is 5.00 Å². The van der Waals surface area contributed by atoms with Crippen molar-refractivity contribution in [3.05, 3.63) is 50.8 Å². The first kappa shape index (κ1) is 16.3. The number of ether oxygens (including phenoxy) is 1. The van der Waals surface area contributed by atoms with Crippen LogP contribution in [0.1, 0.15) is 15.9 Å². The van der Waals surface area contributed by atoms with Crippen molar-refractivity contribution in [1.29, 1.82) is 5.26 Å². The van der Waals surface area contributed by atoms with Gasteiger partial charge in [0, 0.05) is 5.02 Å². The maximum absolute atomic E-state index is 11.9. The topological polar surface area (TPSA) is 79.2 Å². The fraction of sp³-hybridized carbons (Fsp3) is 0.0714. The number of benzene rings is 1. The highest BCUT2D eigenvalue weighted by Crippen LogP contribution is 2.23. The number of carbonyl (C=O) groups excluding carboxylic acids is 2. The smallest absolute Gasteiger partial charge is 0.340 e. The molecule has 0 spiro atoms. The van der Waals surface area contributed by atoms with Gasteiger partial charge in [-0.25, -0.2) is 4.79 Å². The van der Waals surface area contributed by atoms with Crippen molar-refractivity contribution in [3.8, 4) is 6.07 Å². The predicted octanol–water partition coefficient (Wildman–Crippen LogP) is 3.72. The van der Waals surface area contributed by atoms with E-state index in [1.54, 1.807) is 11.4 Å². The molecule has 1 aromatic carbocycles. The summed E-state index contributed by atoms with van der Waals surface area (Å²) in [5.74, 6) is -1.31. The van der Waals surface area contributed by atoms with Crippen LogP contribution in [0.2, 0.25) is 10.0 Å². The zero-order valence-electron chi connectivity index (χ0n) is 10.9. The monoisotopic (exact) mass is 354 g/mol. The van der Waals surface area contributed by atoms with Gasteiger partial charge in [-0.05, 0) is 29.6 Å². The zero-order chi connectivity index (χ0) is 16.1. The summed E-state index contributed by atoms with van der Waals surface area (Å²) in [7, 11) is 0. The molecule has 8 heteroatoms. The summed E-state index contributed by atoms with van der Waals surface area (Å²) in [6.45, 7) is -0.496. The molecule has 22 heavy (non-hydrogen) atoms. The van der Waals surface area contributed by atoms with Crippen molar-refractivity contribution in [2.24, 2.45) is 0 Å². The Balaban J connectivity index is 1.95. The van der Waals surface area contributed by atoms with Crippen LogP contribution < -0.4 is 5.32 Å². The molecule has 0 aliphatic rings. The van der Waals surface area contributed by atoms with E-state index >= 15 is 0 Å². The number of nitrogens with one attached hydrogen (secondary N) is 1. The van der Waals surface area contributed by atoms with E-state index in [0.717, 1.165) is 0 Å². The molecule has 1 heterocycles. The fourth-order valence-electron chi connectivity index (χ4n) is 1.52. The first-order chi connectivity index (χ1) is 10.5. The predicted molar refractivity (Wildman–Crippen MR) is 84.4 cm³/mol. The lowest BCUT2D eigenvalue weighted by Gasteiger charge is -2.07. The standard InChI is InChI=1S/C14H8Cl2N2O3S/c15-9-1-2-11(16)10(5-9)14(20)21-7-12(19)18-13-8(6-17)3-4-22-13/h1-5H,7H2,(H,18,19). The van der Waals surface area contributed by atoms with Gasteiger partial charge in [0.05, 0.1) is 16.1 Å². The van der Waals surface area contributed by atoms with Crippen LogP contribution in [0.15, 0.2) is 29.6 Å². The summed E-state index contributed by atoms with van der Waals surface area (Å²) in [6, 6.07) is 7.88. The summed E-state index contributed by atoms with van der Waals surface area (Å²) < 4.78 is 4.88. The molecular formula is C14H8Cl2N2O3S. The van der Waals surface area contributed by atoms with E-state index in [0.29, 0.717) is 15.6 Å². The van der Waals surface area contributed by atoms with Gasteiger partial charge in [0.25, 0.3) is 5.91 Å². The second-order valence-electron chi connectivity index (χ2n) is 4.02. The molecule has 0 bridgehead atoms. The number of amides is 1. The van der Waals surface area contributed by atoms with Gasteiger partial charge in [-0.15, -0.1) is 11.3 Å². The van der Waals surface area contributed by atoms with Gasteiger partial charge in [0.2, 0.25) is 0 Å². The molecule has 0 atom stereocenters. The Morgan fingerprint density at radius 2 is 2.09 bits per heavy atom. The Labute approximate surface area is 140 Å². The van der Waals surface area contributed by atoms with Crippen molar-refractivity contribution in [2.75, 3.05) is 11.9 Å². The Kier molecular flexibility index (Phi) is 5.39. The van der Waals surface area contributed by atoms with Crippen LogP contribution in [0.25, 0.3) is 0 Å². The molecule has 0 fully saturated rings. The van der Waals surface area contributed by atoms with E-state index in [1.165, 1.54) is 29.5 Å². The highest BCUT2D eigenvalue weighted by atomic mass is 35.5. The summed E-state index contributed by atoms with van der Waals surface area (Å²) >= 11 is 12.8. The van der Waals surface area contributed by atoms with Crippen LogP contribution >= 0.6 is 34.5 Å². The molecule has 1 N–H and O–H groups in total. The molecule has 0 aliphatic carbocycles. The molecule has 5 nitrogen and oxygen atoms in total. The van der Waals surface area contributed by atoms with Gasteiger partial charge in [-0.2, -0.15) is 5.26 Å². The summed E-state index contributed by atoms with van der Waals surface area (Å²) in [6.07, 6.45) is 0. The lowest BCUT2D eigenvalue weighted by Crippen LogP contribution is -2.21. The SMILES string of the molecule is N#Cc1ccsc1NC(=O)COC(=O)c1cc(Cl)ccc1Cl. The Bertz CT molecular complexity index is 768. The molecule has 0 unspecified atom stereocenters. The van der Waals surface area contributed by atoms with E-state index in [1.807, 2.05) is 6.07 Å². The Morgan fingerprint density at radius 1 is 1.32 bits per heavy atom. The van der Waals surface area contributed by atoms with E-state index in [9.17, 15) is 9.59 Å². The lowest BCUT2D eigenvalue weighted by molar-refractivity contribution is -0.119. The molecule has 1 amide bonds. The van der Waals surface area contributed by atoms with Crippen LogP contribution in [-0.2, 0) is 9.53 Å². The van der Waals surface area contributed by atoms with Crippen LogP contribution in [0.5, 0.6) is 0 Å². The maximum atomic E-state index is 11.9. The van der Waals surface area contributed by atoms with Gasteiger partial charge in [0.1, 0.15) is 11.1 Å². The molecular weight excluding hydrogens is 347 g/mol. The molecule has 0 saturated carbocycles. The van der Waals surface area contributed by atoms with Gasteiger partial charge in [0.15, 0.2) is 6.61 Å². The Hall–Kier alpha value is -2.07. The third-order valence-corrected chi connectivity index (χ3v) is 3.92. The van der Waals surface area contributed by atoms with Crippen molar-refractivity contribution in [3.63, 3.8) is 0 Å². The largest absolute Gasteiger partial charge is 0.452 e. The van der Waals surface area contributed by atoms with Gasteiger partial charge >= 0.3 is 5.97 Å². The number of nitrogens with zero attached hydrogens (tertiary/aromatic N) is 1. The highest BCUT2D eigenvalue weighted by Gasteiger charge is 2.15. The summed E-state index contributed by atoms with van der Waals surface area (Å²) in [4.78, 5) is 23.6. The molecule has 2 aromatic rings. The first-order valence-corrected chi connectivity index (χ1v) is 7.54. The molecule has 2 rings (SSSR count). The van der Waals surface area contributed by atoms with E-state index in [4.69, 9.17) is 33.2 Å². The van der Waals surface area contributed by atoms with Crippen molar-refractivity contribution in [1.82, 2.24) is 0 Å². The third-order valence-electron chi connectivity index (χ3n) is 2.52. The number of hydrogen-bond acceptors (Lipinski definition) is 5. The van der Waals surface area contributed by atoms with Crippen LogP contribution in [-0.4, -0.2) is 18.5 Å². The summed E-state index contributed by atoms with van der Waals surface area (Å²) in [5, 5.41) is 13.9. The number of carbonyl (C=O) groups is 2. The van der Waals surface area contributed by atoms with Crippen LogP contribution in [0, 0.1) is 11.3 Å². The molecule has 1 aromatic heterocycles. The Morgan fingerprint density at radius 3 is 2.82 bits per heavy atom. The maximum Gasteiger partial charge on any atom is 0.340 e. The quantitative estimate of drug-likeness (QED) is 0.848. The second-order valence-corrected chi connectivity index (χ2v) is 5.78. The van der Waals surface area contributed by atoms with E-state index in [-0.39, 0.29) is 10.6 Å². The van der Waals surface area contributed by atoms with Gasteiger partial charge in [-0.3, -0.25) is 4.79 Å². The number of esters is 1. The molecule has 0 radical (unpaired) electrons. The van der Waals surface area contributed by atoms with E-state index < -0.39 is 18.5 Å². The van der Waals surface area contributed by atoms with Gasteiger partial charge < -0.3 is 10.1 Å². The third kappa shape index (κ3) is 3.98. The number of rotatable bonds is 4. The average Bonchev–Trinajstić information content (AvgIpc) is 2.94. The minimum absolute atomic E-state index is 0.0794. The zero-order valence-corrected chi connectivity index (χ0v) is 13.3. The normalized spacial score (nSPS) is 9.86. The number of hydrogen-bond donors (Lipinski definition) is 1. The summed E-state index contributed by atoms with van der Waals surface area (Å²) in [5.41, 5.74) is 0.429. The van der Waals surface area contributed by atoms with Crippen molar-refractivity contribution < 1.29 is 14.3 Å². The molecule has 0 aliphatic heterocycles. The number of nitriles is 1. The lowest BCUT2D eigenvalue weighted by atomic mass is 10.2. The number of halogens is 2. The molecule has 112 valence electrons. The minimum Gasteiger partial charge on any atom is -0.452 e. The van der Waals surface area contributed by atoms with Crippen molar-refractivity contribution in [2.45, 2.75) is 0 Å². The average molecular weight is 355 g/mol. The number of thiophene rings is 1. The second kappa shape index (κ2) is 7.27. The van der Waals surface area contributed by atoms with Gasteiger partial charge in [-0.1, -0.05) is 23.2 Å². The first-order valence-electron chi connectivity index (χ1n) is 5.91. The fourth-order valence-corrected chi connectivity index (χ4v) is 2.64. The van der Waals surface area contributed by atoms with E-state index in [2.05, 4.69) is 5.32 Å².